The summed E-state index contributed by atoms with van der Waals surface area (Å²) in [5, 5.41) is 12.7. The Morgan fingerprint density at radius 2 is 2.00 bits per heavy atom. The molecule has 0 saturated carbocycles. The van der Waals surface area contributed by atoms with Crippen molar-refractivity contribution >= 4 is 0 Å². The first-order valence-corrected chi connectivity index (χ1v) is 6.17. The molecule has 82 valence electrons. The first-order chi connectivity index (χ1) is 7.88. The largest absolute Gasteiger partial charge is 0.310 e. The van der Waals surface area contributed by atoms with Crippen LogP contribution >= 0.6 is 0 Å². The van der Waals surface area contributed by atoms with Crippen molar-refractivity contribution in [2.75, 3.05) is 6.54 Å². The maximum absolute atomic E-state index is 9.23. The van der Waals surface area contributed by atoms with Crippen LogP contribution in [-0.2, 0) is 12.8 Å². The average Bonchev–Trinajstić information content (AvgIpc) is 2.97. The summed E-state index contributed by atoms with van der Waals surface area (Å²) in [6.45, 7) is 1.09. The van der Waals surface area contributed by atoms with E-state index in [1.165, 1.54) is 42.4 Å². The monoisotopic (exact) mass is 212 g/mol. The van der Waals surface area contributed by atoms with Gasteiger partial charge in [0.05, 0.1) is 11.6 Å². The number of hydrogen-bond acceptors (Lipinski definition) is 2. The van der Waals surface area contributed by atoms with E-state index in [9.17, 15) is 5.26 Å². The second-order valence-electron chi connectivity index (χ2n) is 4.82. The molecule has 2 nitrogen and oxygen atoms in total. The Hall–Kier alpha value is -1.33. The second kappa shape index (κ2) is 3.92. The Kier molecular flexibility index (Phi) is 2.41. The first kappa shape index (κ1) is 9.86. The molecule has 2 aliphatic rings. The Bertz CT molecular complexity index is 451. The summed E-state index contributed by atoms with van der Waals surface area (Å²) in [7, 11) is 0. The van der Waals surface area contributed by atoms with Crippen LogP contribution in [0.2, 0.25) is 0 Å². The van der Waals surface area contributed by atoms with Crippen LogP contribution in [0.1, 0.15) is 47.6 Å². The van der Waals surface area contributed by atoms with Crippen LogP contribution in [0, 0.1) is 11.3 Å². The molecule has 1 N–H and O–H groups in total. The molecule has 1 aliphatic heterocycles. The number of aryl methyl sites for hydroxylation is 2. The van der Waals surface area contributed by atoms with Gasteiger partial charge < -0.3 is 5.32 Å². The lowest BCUT2D eigenvalue weighted by molar-refractivity contribution is 0.645. The second-order valence-corrected chi connectivity index (χ2v) is 4.82. The molecular weight excluding hydrogens is 196 g/mol. The van der Waals surface area contributed by atoms with E-state index in [4.69, 9.17) is 0 Å². The first-order valence-electron chi connectivity index (χ1n) is 6.17. The van der Waals surface area contributed by atoms with Gasteiger partial charge >= 0.3 is 0 Å². The van der Waals surface area contributed by atoms with E-state index in [1.54, 1.807) is 0 Å². The third kappa shape index (κ3) is 1.52. The zero-order valence-electron chi connectivity index (χ0n) is 9.42. The predicted molar refractivity (Wildman–Crippen MR) is 63.2 cm³/mol. The molecule has 0 unspecified atom stereocenters. The molecule has 1 saturated heterocycles. The molecule has 3 rings (SSSR count). The summed E-state index contributed by atoms with van der Waals surface area (Å²) >= 11 is 0. The molecule has 1 atom stereocenters. The molecule has 0 radical (unpaired) electrons. The zero-order chi connectivity index (χ0) is 11.0. The van der Waals surface area contributed by atoms with Gasteiger partial charge in [0, 0.05) is 6.04 Å². The van der Waals surface area contributed by atoms with Gasteiger partial charge in [-0.15, -0.1) is 0 Å². The molecule has 0 aromatic heterocycles. The highest BCUT2D eigenvalue weighted by Gasteiger charge is 2.22. The van der Waals surface area contributed by atoms with E-state index in [1.807, 2.05) is 0 Å². The molecule has 1 aromatic rings. The highest BCUT2D eigenvalue weighted by atomic mass is 14.9. The molecule has 2 heteroatoms. The minimum Gasteiger partial charge on any atom is -0.310 e. The van der Waals surface area contributed by atoms with Gasteiger partial charge in [-0.05, 0) is 61.4 Å². The van der Waals surface area contributed by atoms with Crippen molar-refractivity contribution in [3.63, 3.8) is 0 Å². The number of rotatable bonds is 1. The summed E-state index contributed by atoms with van der Waals surface area (Å²) in [6.07, 6.45) is 6.00. The quantitative estimate of drug-likeness (QED) is 0.776. The third-order valence-corrected chi connectivity index (χ3v) is 3.82. The maximum atomic E-state index is 9.23. The molecule has 1 aromatic carbocycles. The Labute approximate surface area is 96.3 Å². The Morgan fingerprint density at radius 3 is 2.69 bits per heavy atom. The van der Waals surface area contributed by atoms with Crippen LogP contribution in [0.15, 0.2) is 12.1 Å². The van der Waals surface area contributed by atoms with Crippen molar-refractivity contribution in [1.82, 2.24) is 5.32 Å². The Morgan fingerprint density at radius 1 is 1.19 bits per heavy atom. The van der Waals surface area contributed by atoms with Crippen molar-refractivity contribution in [2.45, 2.75) is 38.1 Å². The standard InChI is InChI=1S/C14H16N2/c15-9-12-7-10-3-1-4-11(10)8-13(12)14-5-2-6-16-14/h7-8,14,16H,1-6H2/t14-/m0/s1. The van der Waals surface area contributed by atoms with Gasteiger partial charge in [-0.25, -0.2) is 0 Å². The van der Waals surface area contributed by atoms with E-state index in [2.05, 4.69) is 23.5 Å². The van der Waals surface area contributed by atoms with E-state index < -0.39 is 0 Å². The SMILES string of the molecule is N#Cc1cc2c(cc1[C@@H]1CCCN1)CCC2. The molecule has 1 heterocycles. The number of hydrogen-bond donors (Lipinski definition) is 1. The average molecular weight is 212 g/mol. The zero-order valence-corrected chi connectivity index (χ0v) is 9.42. The van der Waals surface area contributed by atoms with E-state index in [-0.39, 0.29) is 0 Å². The van der Waals surface area contributed by atoms with Crippen LogP contribution in [0.3, 0.4) is 0 Å². The molecule has 1 aliphatic carbocycles. The van der Waals surface area contributed by atoms with Gasteiger partial charge in [0.15, 0.2) is 0 Å². The summed E-state index contributed by atoms with van der Waals surface area (Å²) in [4.78, 5) is 0. The number of nitrogens with zero attached hydrogens (tertiary/aromatic N) is 1. The fourth-order valence-corrected chi connectivity index (χ4v) is 2.98. The van der Waals surface area contributed by atoms with Crippen LogP contribution in [0.25, 0.3) is 0 Å². The van der Waals surface area contributed by atoms with Crippen LogP contribution < -0.4 is 5.32 Å². The summed E-state index contributed by atoms with van der Waals surface area (Å²) < 4.78 is 0. The van der Waals surface area contributed by atoms with Gasteiger partial charge in [-0.3, -0.25) is 0 Å². The predicted octanol–water partition coefficient (Wildman–Crippen LogP) is 2.47. The minimum absolute atomic E-state index is 0.417. The molecule has 16 heavy (non-hydrogen) atoms. The maximum Gasteiger partial charge on any atom is 0.0995 e. The fraction of sp³-hybridized carbons (Fsp3) is 0.500. The summed E-state index contributed by atoms with van der Waals surface area (Å²) in [5.41, 5.74) is 5.00. The van der Waals surface area contributed by atoms with Gasteiger partial charge in [0.2, 0.25) is 0 Å². The van der Waals surface area contributed by atoms with E-state index in [0.29, 0.717) is 6.04 Å². The highest BCUT2D eigenvalue weighted by Crippen LogP contribution is 2.31. The highest BCUT2D eigenvalue weighted by molar-refractivity contribution is 5.48. The summed E-state index contributed by atoms with van der Waals surface area (Å²) in [6, 6.07) is 7.18. The number of benzene rings is 1. The van der Waals surface area contributed by atoms with Crippen molar-refractivity contribution in [3.8, 4) is 6.07 Å². The van der Waals surface area contributed by atoms with Crippen molar-refractivity contribution < 1.29 is 0 Å². The van der Waals surface area contributed by atoms with Crippen LogP contribution in [0.4, 0.5) is 0 Å². The minimum atomic E-state index is 0.417. The van der Waals surface area contributed by atoms with Crippen molar-refractivity contribution in [1.29, 1.82) is 5.26 Å². The van der Waals surface area contributed by atoms with Gasteiger partial charge in [0.1, 0.15) is 0 Å². The Balaban J connectivity index is 2.06. The number of nitrogens with one attached hydrogen (secondary N) is 1. The molecular formula is C14H16N2. The lowest BCUT2D eigenvalue weighted by atomic mass is 9.95. The fourth-order valence-electron chi connectivity index (χ4n) is 2.98. The smallest absolute Gasteiger partial charge is 0.0995 e. The molecule has 0 amide bonds. The van der Waals surface area contributed by atoms with Gasteiger partial charge in [0.25, 0.3) is 0 Å². The van der Waals surface area contributed by atoms with E-state index in [0.717, 1.165) is 18.5 Å². The topological polar surface area (TPSA) is 35.8 Å². The third-order valence-electron chi connectivity index (χ3n) is 3.82. The normalized spacial score (nSPS) is 23.1. The number of nitriles is 1. The lowest BCUT2D eigenvalue weighted by Gasteiger charge is -2.14. The van der Waals surface area contributed by atoms with Crippen LogP contribution in [-0.4, -0.2) is 6.54 Å². The molecule has 1 fully saturated rings. The molecule has 0 spiro atoms. The lowest BCUT2D eigenvalue weighted by Crippen LogP contribution is -2.14. The van der Waals surface area contributed by atoms with Crippen molar-refractivity contribution in [2.24, 2.45) is 0 Å². The van der Waals surface area contributed by atoms with E-state index >= 15 is 0 Å². The number of fused-ring (bicyclic) bond motifs is 1. The van der Waals surface area contributed by atoms with Gasteiger partial charge in [-0.1, -0.05) is 6.07 Å². The summed E-state index contributed by atoms with van der Waals surface area (Å²) in [5.74, 6) is 0. The van der Waals surface area contributed by atoms with Crippen LogP contribution in [0.5, 0.6) is 0 Å². The van der Waals surface area contributed by atoms with Gasteiger partial charge in [-0.2, -0.15) is 5.26 Å². The molecule has 0 bridgehead atoms. The van der Waals surface area contributed by atoms with Crippen molar-refractivity contribution in [3.05, 3.63) is 34.4 Å².